The fourth-order valence-electron chi connectivity index (χ4n) is 2.39. The van der Waals surface area contributed by atoms with Crippen molar-refractivity contribution in [1.82, 2.24) is 4.90 Å². The lowest BCUT2D eigenvalue weighted by atomic mass is 10.0. The van der Waals surface area contributed by atoms with Gasteiger partial charge < -0.3 is 10.2 Å². The molecule has 0 bridgehead atoms. The van der Waals surface area contributed by atoms with E-state index in [4.69, 9.17) is 0 Å². The van der Waals surface area contributed by atoms with Crippen LogP contribution in [0.3, 0.4) is 0 Å². The molecule has 0 radical (unpaired) electrons. The van der Waals surface area contributed by atoms with E-state index in [2.05, 4.69) is 17.1 Å². The number of nitro groups is 1. The van der Waals surface area contributed by atoms with Crippen LogP contribution in [0.15, 0.2) is 18.2 Å². The monoisotopic (exact) mass is 267 g/mol. The first-order chi connectivity index (χ1) is 9.08. The van der Waals surface area contributed by atoms with E-state index >= 15 is 0 Å². The minimum Gasteiger partial charge on any atom is -0.382 e. The molecule has 104 valence electrons. The Balaban J connectivity index is 2.01. The lowest BCUT2D eigenvalue weighted by molar-refractivity contribution is -0.385. The van der Waals surface area contributed by atoms with E-state index < -0.39 is 10.7 Å². The number of benzene rings is 1. The van der Waals surface area contributed by atoms with Crippen LogP contribution in [0, 0.1) is 15.9 Å². The molecule has 1 aliphatic rings. The van der Waals surface area contributed by atoms with Crippen molar-refractivity contribution in [3.05, 3.63) is 34.1 Å². The number of nitrogens with one attached hydrogen (secondary N) is 1. The normalized spacial score (nSPS) is 17.4. The first-order valence-electron chi connectivity index (χ1n) is 6.52. The number of rotatable bonds is 4. The van der Waals surface area contributed by atoms with Crippen LogP contribution >= 0.6 is 0 Å². The number of non-ortho nitro benzene ring substituents is 1. The van der Waals surface area contributed by atoms with E-state index in [0.717, 1.165) is 38.5 Å². The van der Waals surface area contributed by atoms with Gasteiger partial charge in [0.05, 0.1) is 11.0 Å². The Kier molecular flexibility index (Phi) is 4.31. The van der Waals surface area contributed by atoms with Gasteiger partial charge in [0, 0.05) is 30.9 Å². The van der Waals surface area contributed by atoms with Crippen LogP contribution in [0.2, 0.25) is 0 Å². The van der Waals surface area contributed by atoms with Crippen molar-refractivity contribution in [3.8, 4) is 0 Å². The summed E-state index contributed by atoms with van der Waals surface area (Å²) in [6.45, 7) is 5.18. The number of anilines is 1. The average Bonchev–Trinajstić information content (AvgIpc) is 2.39. The topological polar surface area (TPSA) is 58.4 Å². The van der Waals surface area contributed by atoms with E-state index in [1.165, 1.54) is 12.1 Å². The minimum absolute atomic E-state index is 0.214. The molecule has 1 aromatic rings. The molecule has 0 saturated carbocycles. The van der Waals surface area contributed by atoms with Crippen LogP contribution in [0.5, 0.6) is 0 Å². The van der Waals surface area contributed by atoms with Gasteiger partial charge in [0.15, 0.2) is 0 Å². The first kappa shape index (κ1) is 13.7. The zero-order valence-electron chi connectivity index (χ0n) is 10.9. The van der Waals surface area contributed by atoms with E-state index in [-0.39, 0.29) is 11.7 Å². The second kappa shape index (κ2) is 5.97. The van der Waals surface area contributed by atoms with Gasteiger partial charge in [0.1, 0.15) is 5.82 Å². The van der Waals surface area contributed by atoms with Crippen molar-refractivity contribution >= 4 is 11.4 Å². The summed E-state index contributed by atoms with van der Waals surface area (Å²) in [5.41, 5.74) is 0.273. The standard InChI is InChI=1S/C13H18FN3O2/c1-2-16-5-3-11(4-6-16)15-12-7-10(14)8-13(9-12)17(18)19/h7-9,11,15H,2-6H2,1H3. The fraction of sp³-hybridized carbons (Fsp3) is 0.538. The number of likely N-dealkylation sites (tertiary alicyclic amines) is 1. The van der Waals surface area contributed by atoms with Gasteiger partial charge in [-0.15, -0.1) is 0 Å². The van der Waals surface area contributed by atoms with Crippen molar-refractivity contribution in [1.29, 1.82) is 0 Å². The van der Waals surface area contributed by atoms with Crippen LogP contribution in [0.1, 0.15) is 19.8 Å². The van der Waals surface area contributed by atoms with Crippen LogP contribution in [-0.2, 0) is 0 Å². The van der Waals surface area contributed by atoms with Crippen molar-refractivity contribution in [2.75, 3.05) is 25.0 Å². The lowest BCUT2D eigenvalue weighted by Gasteiger charge is -2.31. The average molecular weight is 267 g/mol. The van der Waals surface area contributed by atoms with Gasteiger partial charge in [-0.3, -0.25) is 10.1 Å². The second-order valence-electron chi connectivity index (χ2n) is 4.81. The number of piperidine rings is 1. The lowest BCUT2D eigenvalue weighted by Crippen LogP contribution is -2.38. The maximum absolute atomic E-state index is 13.3. The maximum Gasteiger partial charge on any atom is 0.274 e. The summed E-state index contributed by atoms with van der Waals surface area (Å²) >= 11 is 0. The van der Waals surface area contributed by atoms with Crippen molar-refractivity contribution in [2.45, 2.75) is 25.8 Å². The Hall–Kier alpha value is -1.69. The molecule has 1 heterocycles. The molecule has 0 aromatic heterocycles. The number of nitro benzene ring substituents is 1. The van der Waals surface area contributed by atoms with Gasteiger partial charge in [-0.1, -0.05) is 6.92 Å². The van der Waals surface area contributed by atoms with Crippen molar-refractivity contribution in [2.24, 2.45) is 0 Å². The molecule has 1 N–H and O–H groups in total. The highest BCUT2D eigenvalue weighted by atomic mass is 19.1. The molecule has 0 spiro atoms. The molecule has 2 rings (SSSR count). The van der Waals surface area contributed by atoms with Crippen molar-refractivity contribution < 1.29 is 9.31 Å². The Bertz CT molecular complexity index is 459. The summed E-state index contributed by atoms with van der Waals surface area (Å²) < 4.78 is 13.3. The number of hydrogen-bond donors (Lipinski definition) is 1. The third kappa shape index (κ3) is 3.64. The van der Waals surface area contributed by atoms with Crippen LogP contribution in [0.25, 0.3) is 0 Å². The largest absolute Gasteiger partial charge is 0.382 e. The summed E-state index contributed by atoms with van der Waals surface area (Å²) in [5, 5.41) is 13.9. The molecule has 0 unspecified atom stereocenters. The SMILES string of the molecule is CCN1CCC(Nc2cc(F)cc([N+](=O)[O-])c2)CC1. The third-order valence-electron chi connectivity index (χ3n) is 3.50. The molecule has 0 atom stereocenters. The molecule has 1 aromatic carbocycles. The quantitative estimate of drug-likeness (QED) is 0.673. The van der Waals surface area contributed by atoms with Gasteiger partial charge in [0.2, 0.25) is 0 Å². The van der Waals surface area contributed by atoms with Crippen molar-refractivity contribution in [3.63, 3.8) is 0 Å². The number of nitrogens with zero attached hydrogens (tertiary/aromatic N) is 2. The van der Waals surface area contributed by atoms with E-state index in [0.29, 0.717) is 5.69 Å². The Labute approximate surface area is 111 Å². The van der Waals surface area contributed by atoms with Crippen LogP contribution in [0.4, 0.5) is 15.8 Å². The second-order valence-corrected chi connectivity index (χ2v) is 4.81. The zero-order chi connectivity index (χ0) is 13.8. The van der Waals surface area contributed by atoms with Crippen LogP contribution < -0.4 is 5.32 Å². The number of halogens is 1. The molecular weight excluding hydrogens is 249 g/mol. The smallest absolute Gasteiger partial charge is 0.274 e. The molecule has 6 heteroatoms. The zero-order valence-corrected chi connectivity index (χ0v) is 10.9. The van der Waals surface area contributed by atoms with Crippen LogP contribution in [-0.4, -0.2) is 35.5 Å². The summed E-state index contributed by atoms with van der Waals surface area (Å²) in [5.74, 6) is -0.581. The van der Waals surface area contributed by atoms with Gasteiger partial charge in [-0.25, -0.2) is 4.39 Å². The summed E-state index contributed by atoms with van der Waals surface area (Å²) in [7, 11) is 0. The van der Waals surface area contributed by atoms with E-state index in [9.17, 15) is 14.5 Å². The highest BCUT2D eigenvalue weighted by Gasteiger charge is 2.19. The first-order valence-corrected chi connectivity index (χ1v) is 6.52. The predicted molar refractivity (Wildman–Crippen MR) is 71.8 cm³/mol. The molecule has 19 heavy (non-hydrogen) atoms. The molecule has 5 nitrogen and oxygen atoms in total. The minimum atomic E-state index is -0.581. The van der Waals surface area contributed by atoms with E-state index in [1.54, 1.807) is 0 Å². The molecular formula is C13H18FN3O2. The third-order valence-corrected chi connectivity index (χ3v) is 3.50. The Morgan fingerprint density at radius 1 is 1.42 bits per heavy atom. The molecule has 1 fully saturated rings. The van der Waals surface area contributed by atoms with Gasteiger partial charge in [0.25, 0.3) is 5.69 Å². The molecule has 0 aliphatic carbocycles. The highest BCUT2D eigenvalue weighted by molar-refractivity contribution is 5.52. The maximum atomic E-state index is 13.3. The number of hydrogen-bond acceptors (Lipinski definition) is 4. The van der Waals surface area contributed by atoms with E-state index in [1.807, 2.05) is 0 Å². The fourth-order valence-corrected chi connectivity index (χ4v) is 2.39. The van der Waals surface area contributed by atoms with Gasteiger partial charge in [-0.05, 0) is 25.5 Å². The molecule has 1 aliphatic heterocycles. The predicted octanol–water partition coefficient (Wildman–Crippen LogP) is 2.63. The molecule has 1 saturated heterocycles. The van der Waals surface area contributed by atoms with Gasteiger partial charge in [-0.2, -0.15) is 0 Å². The summed E-state index contributed by atoms with van der Waals surface area (Å²) in [6.07, 6.45) is 1.94. The highest BCUT2D eigenvalue weighted by Crippen LogP contribution is 2.22. The summed E-state index contributed by atoms with van der Waals surface area (Å²) in [6, 6.07) is 3.88. The summed E-state index contributed by atoms with van der Waals surface area (Å²) in [4.78, 5) is 12.5. The van der Waals surface area contributed by atoms with Gasteiger partial charge >= 0.3 is 0 Å². The Morgan fingerprint density at radius 2 is 2.11 bits per heavy atom. The Morgan fingerprint density at radius 3 is 2.68 bits per heavy atom. The molecule has 0 amide bonds.